The van der Waals surface area contributed by atoms with Gasteiger partial charge in [0.25, 0.3) is 5.56 Å². The number of anilines is 1. The molecule has 0 bridgehead atoms. The van der Waals surface area contributed by atoms with E-state index in [1.807, 2.05) is 28.8 Å². The average Bonchev–Trinajstić information content (AvgIpc) is 3.18. The Morgan fingerprint density at radius 1 is 1.33 bits per heavy atom. The molecule has 1 aliphatic rings. The van der Waals surface area contributed by atoms with E-state index in [1.54, 1.807) is 13.2 Å². The molecular weight excluding hydrogens is 308 g/mol. The molecule has 1 saturated heterocycles. The van der Waals surface area contributed by atoms with Gasteiger partial charge in [-0.1, -0.05) is 0 Å². The van der Waals surface area contributed by atoms with Gasteiger partial charge in [0.05, 0.1) is 18.8 Å². The van der Waals surface area contributed by atoms with Crippen molar-refractivity contribution >= 4 is 5.82 Å². The van der Waals surface area contributed by atoms with Gasteiger partial charge >= 0.3 is 5.69 Å². The van der Waals surface area contributed by atoms with Crippen LogP contribution in [0.15, 0.2) is 22.0 Å². The molecule has 3 rings (SSSR count). The molecule has 0 radical (unpaired) electrons. The Morgan fingerprint density at radius 3 is 2.71 bits per heavy atom. The quantitative estimate of drug-likeness (QED) is 0.799. The third-order valence-electron chi connectivity index (χ3n) is 4.55. The molecule has 0 aromatic carbocycles. The smallest absolute Gasteiger partial charge is 0.332 e. The number of rotatable bonds is 3. The van der Waals surface area contributed by atoms with Gasteiger partial charge in [0, 0.05) is 26.8 Å². The van der Waals surface area contributed by atoms with Gasteiger partial charge < -0.3 is 4.90 Å². The van der Waals surface area contributed by atoms with Crippen LogP contribution in [0.25, 0.3) is 0 Å². The third-order valence-corrected chi connectivity index (χ3v) is 4.55. The van der Waals surface area contributed by atoms with Crippen LogP contribution in [0.4, 0.5) is 5.82 Å². The summed E-state index contributed by atoms with van der Waals surface area (Å²) in [5.41, 5.74) is 0.132. The third kappa shape index (κ3) is 2.52. The van der Waals surface area contributed by atoms with E-state index in [0.29, 0.717) is 18.9 Å². The molecule has 8 heteroatoms. The Labute approximate surface area is 139 Å². The zero-order chi connectivity index (χ0) is 17.4. The molecular formula is C16H20N6O2. The van der Waals surface area contributed by atoms with Crippen molar-refractivity contribution in [3.05, 3.63) is 44.4 Å². The highest BCUT2D eigenvalue weighted by atomic mass is 16.2. The summed E-state index contributed by atoms with van der Waals surface area (Å²) in [6, 6.07) is 2.07. The maximum absolute atomic E-state index is 12.3. The maximum Gasteiger partial charge on any atom is 0.332 e. The van der Waals surface area contributed by atoms with E-state index >= 15 is 0 Å². The lowest BCUT2D eigenvalue weighted by atomic mass is 10.2. The second kappa shape index (κ2) is 6.00. The fraction of sp³-hybridized carbons (Fsp3) is 0.500. The average molecular weight is 328 g/mol. The van der Waals surface area contributed by atoms with Crippen molar-refractivity contribution in [3.63, 3.8) is 0 Å². The van der Waals surface area contributed by atoms with Crippen LogP contribution in [0, 0.1) is 18.3 Å². The predicted molar refractivity (Wildman–Crippen MR) is 89.0 cm³/mol. The van der Waals surface area contributed by atoms with E-state index in [0.717, 1.165) is 23.0 Å². The zero-order valence-corrected chi connectivity index (χ0v) is 14.1. The molecule has 24 heavy (non-hydrogen) atoms. The van der Waals surface area contributed by atoms with E-state index in [1.165, 1.54) is 11.6 Å². The fourth-order valence-electron chi connectivity index (χ4n) is 3.35. The molecule has 0 saturated carbocycles. The zero-order valence-electron chi connectivity index (χ0n) is 14.1. The summed E-state index contributed by atoms with van der Waals surface area (Å²) in [5, 5.41) is 13.8. The Kier molecular flexibility index (Phi) is 4.01. The molecule has 3 heterocycles. The first-order valence-electron chi connectivity index (χ1n) is 7.90. The first kappa shape index (κ1) is 16.1. The molecule has 0 spiro atoms. The molecule has 0 amide bonds. The van der Waals surface area contributed by atoms with Crippen LogP contribution in [-0.2, 0) is 20.6 Å². The van der Waals surface area contributed by atoms with Gasteiger partial charge in [-0.15, -0.1) is 0 Å². The van der Waals surface area contributed by atoms with Crippen molar-refractivity contribution in [2.45, 2.75) is 32.4 Å². The van der Waals surface area contributed by atoms with Crippen LogP contribution in [-0.4, -0.2) is 31.5 Å². The van der Waals surface area contributed by atoms with E-state index < -0.39 is 11.2 Å². The standard InChI is InChI=1S/C16H20N6O2/c1-11-8-18-21(9-11)10-12-5-4-6-22(12)14-13(7-17)15(23)20(3)16(24)19(14)2/h8-9,12H,4-6,10H2,1-3H3/t12-/m1/s1. The van der Waals surface area contributed by atoms with Gasteiger partial charge in [-0.05, 0) is 25.3 Å². The monoisotopic (exact) mass is 328 g/mol. The Bertz CT molecular complexity index is 930. The predicted octanol–water partition coefficient (Wildman–Crippen LogP) is 0.130. The van der Waals surface area contributed by atoms with Crippen molar-refractivity contribution in [2.24, 2.45) is 14.1 Å². The summed E-state index contributed by atoms with van der Waals surface area (Å²) >= 11 is 0. The first-order valence-corrected chi connectivity index (χ1v) is 7.90. The van der Waals surface area contributed by atoms with Crippen molar-refractivity contribution in [1.82, 2.24) is 18.9 Å². The molecule has 1 fully saturated rings. The van der Waals surface area contributed by atoms with Crippen molar-refractivity contribution in [2.75, 3.05) is 11.4 Å². The van der Waals surface area contributed by atoms with Crippen molar-refractivity contribution < 1.29 is 0 Å². The van der Waals surface area contributed by atoms with Crippen LogP contribution in [0.2, 0.25) is 0 Å². The van der Waals surface area contributed by atoms with Gasteiger partial charge in [0.2, 0.25) is 0 Å². The minimum atomic E-state index is -0.545. The number of aromatic nitrogens is 4. The second-order valence-electron chi connectivity index (χ2n) is 6.25. The summed E-state index contributed by atoms with van der Waals surface area (Å²) in [7, 11) is 2.99. The van der Waals surface area contributed by atoms with Crippen molar-refractivity contribution in [3.8, 4) is 6.07 Å². The topological polar surface area (TPSA) is 88.8 Å². The fourth-order valence-corrected chi connectivity index (χ4v) is 3.35. The lowest BCUT2D eigenvalue weighted by Gasteiger charge is -2.29. The highest BCUT2D eigenvalue weighted by Gasteiger charge is 2.30. The minimum absolute atomic E-state index is 0.0168. The van der Waals surface area contributed by atoms with Crippen molar-refractivity contribution in [1.29, 1.82) is 5.26 Å². The van der Waals surface area contributed by atoms with E-state index in [9.17, 15) is 14.9 Å². The summed E-state index contributed by atoms with van der Waals surface area (Å²) < 4.78 is 4.24. The van der Waals surface area contributed by atoms with E-state index in [2.05, 4.69) is 5.10 Å². The van der Waals surface area contributed by atoms with Gasteiger partial charge in [-0.25, -0.2) is 4.79 Å². The summed E-state index contributed by atoms with van der Waals surface area (Å²) in [6.45, 7) is 3.34. The number of hydrogen-bond acceptors (Lipinski definition) is 5. The summed E-state index contributed by atoms with van der Waals surface area (Å²) in [5.74, 6) is 0.414. The lowest BCUT2D eigenvalue weighted by molar-refractivity contribution is 0.501. The molecule has 1 aliphatic heterocycles. The van der Waals surface area contributed by atoms with Crippen LogP contribution in [0.3, 0.4) is 0 Å². The molecule has 126 valence electrons. The SMILES string of the molecule is Cc1cnn(C[C@H]2CCCN2c2c(C#N)c(=O)n(C)c(=O)n2C)c1. The van der Waals surface area contributed by atoms with Gasteiger partial charge in [0.15, 0.2) is 5.56 Å². The van der Waals surface area contributed by atoms with Crippen LogP contribution in [0.1, 0.15) is 24.0 Å². The normalized spacial score (nSPS) is 17.2. The molecule has 8 nitrogen and oxygen atoms in total. The molecule has 0 N–H and O–H groups in total. The Balaban J connectivity index is 2.06. The number of aryl methyl sites for hydroxylation is 1. The molecule has 0 aliphatic carbocycles. The van der Waals surface area contributed by atoms with Crippen LogP contribution in [0.5, 0.6) is 0 Å². The highest BCUT2D eigenvalue weighted by molar-refractivity contribution is 5.54. The highest BCUT2D eigenvalue weighted by Crippen LogP contribution is 2.26. The van der Waals surface area contributed by atoms with Gasteiger partial charge in [-0.3, -0.25) is 18.6 Å². The lowest BCUT2D eigenvalue weighted by Crippen LogP contribution is -2.44. The maximum atomic E-state index is 12.3. The van der Waals surface area contributed by atoms with Crippen LogP contribution >= 0.6 is 0 Å². The van der Waals surface area contributed by atoms with Gasteiger partial charge in [0.1, 0.15) is 11.9 Å². The molecule has 2 aromatic heterocycles. The molecule has 0 unspecified atom stereocenters. The second-order valence-corrected chi connectivity index (χ2v) is 6.25. The molecule has 1 atom stereocenters. The number of nitriles is 1. The van der Waals surface area contributed by atoms with Gasteiger partial charge in [-0.2, -0.15) is 10.4 Å². The molecule has 2 aromatic rings. The Hall–Kier alpha value is -2.82. The largest absolute Gasteiger partial charge is 0.352 e. The number of hydrogen-bond donors (Lipinski definition) is 0. The summed E-state index contributed by atoms with van der Waals surface area (Å²) in [6.07, 6.45) is 5.63. The van der Waals surface area contributed by atoms with E-state index in [4.69, 9.17) is 0 Å². The van der Waals surface area contributed by atoms with E-state index in [-0.39, 0.29) is 11.6 Å². The summed E-state index contributed by atoms with van der Waals surface area (Å²) in [4.78, 5) is 26.6. The minimum Gasteiger partial charge on any atom is -0.352 e. The number of nitrogens with zero attached hydrogens (tertiary/aromatic N) is 6. The van der Waals surface area contributed by atoms with Crippen LogP contribution < -0.4 is 16.1 Å². The Morgan fingerprint density at radius 2 is 2.08 bits per heavy atom. The first-order chi connectivity index (χ1) is 11.4.